The Morgan fingerprint density at radius 3 is 2.83 bits per heavy atom. The SMILES string of the molecule is O=C(NC1CCCCC1O)c1cnn(-c2ccc(F)cc2F)c1. The molecule has 2 N–H and O–H groups in total. The summed E-state index contributed by atoms with van der Waals surface area (Å²) in [6, 6.07) is 2.86. The van der Waals surface area contributed by atoms with Crippen molar-refractivity contribution < 1.29 is 18.7 Å². The highest BCUT2D eigenvalue weighted by molar-refractivity contribution is 5.94. The molecule has 1 aromatic carbocycles. The van der Waals surface area contributed by atoms with E-state index in [9.17, 15) is 18.7 Å². The van der Waals surface area contributed by atoms with Gasteiger partial charge in [-0.15, -0.1) is 0 Å². The Bertz CT molecular complexity index is 717. The molecule has 0 radical (unpaired) electrons. The molecular formula is C16H17F2N3O2. The van der Waals surface area contributed by atoms with Crippen molar-refractivity contribution in [2.24, 2.45) is 0 Å². The molecule has 1 amide bonds. The molecule has 3 rings (SSSR count). The Morgan fingerprint density at radius 2 is 2.09 bits per heavy atom. The van der Waals surface area contributed by atoms with E-state index < -0.39 is 17.7 Å². The van der Waals surface area contributed by atoms with Gasteiger partial charge in [-0.25, -0.2) is 13.5 Å². The fraction of sp³-hybridized carbons (Fsp3) is 0.375. The smallest absolute Gasteiger partial charge is 0.254 e. The molecule has 1 aliphatic rings. The van der Waals surface area contributed by atoms with Gasteiger partial charge in [-0.1, -0.05) is 12.8 Å². The van der Waals surface area contributed by atoms with Crippen LogP contribution in [0.5, 0.6) is 0 Å². The molecule has 7 heteroatoms. The van der Waals surface area contributed by atoms with E-state index in [1.165, 1.54) is 23.1 Å². The summed E-state index contributed by atoms with van der Waals surface area (Å²) in [5.41, 5.74) is 0.314. The number of hydrogen-bond donors (Lipinski definition) is 2. The van der Waals surface area contributed by atoms with Gasteiger partial charge in [0.05, 0.1) is 23.9 Å². The maximum atomic E-state index is 13.7. The van der Waals surface area contributed by atoms with E-state index in [2.05, 4.69) is 10.4 Å². The first-order valence-electron chi connectivity index (χ1n) is 7.53. The number of benzene rings is 1. The largest absolute Gasteiger partial charge is 0.391 e. The molecule has 1 aliphatic carbocycles. The van der Waals surface area contributed by atoms with Crippen molar-refractivity contribution in [2.45, 2.75) is 37.8 Å². The van der Waals surface area contributed by atoms with E-state index in [0.717, 1.165) is 31.4 Å². The molecule has 2 atom stereocenters. The van der Waals surface area contributed by atoms with E-state index in [-0.39, 0.29) is 23.2 Å². The number of rotatable bonds is 3. The van der Waals surface area contributed by atoms with Gasteiger partial charge in [0.15, 0.2) is 5.82 Å². The second-order valence-corrected chi connectivity index (χ2v) is 5.70. The zero-order valence-electron chi connectivity index (χ0n) is 12.4. The highest BCUT2D eigenvalue weighted by atomic mass is 19.1. The molecule has 2 aromatic rings. The maximum absolute atomic E-state index is 13.7. The van der Waals surface area contributed by atoms with Crippen LogP contribution in [-0.2, 0) is 0 Å². The highest BCUT2D eigenvalue weighted by Gasteiger charge is 2.25. The number of carbonyl (C=O) groups is 1. The minimum Gasteiger partial charge on any atom is -0.391 e. The summed E-state index contributed by atoms with van der Waals surface area (Å²) in [7, 11) is 0. The van der Waals surface area contributed by atoms with E-state index in [0.29, 0.717) is 6.42 Å². The fourth-order valence-electron chi connectivity index (χ4n) is 2.77. The summed E-state index contributed by atoms with van der Waals surface area (Å²) in [5, 5.41) is 16.6. The minimum absolute atomic E-state index is 0.0585. The Kier molecular flexibility index (Phi) is 4.38. The Labute approximate surface area is 131 Å². The number of carbonyl (C=O) groups excluding carboxylic acids is 1. The van der Waals surface area contributed by atoms with Crippen LogP contribution in [0.1, 0.15) is 36.0 Å². The van der Waals surface area contributed by atoms with Gasteiger partial charge in [-0.3, -0.25) is 4.79 Å². The number of nitrogens with one attached hydrogen (secondary N) is 1. The van der Waals surface area contributed by atoms with Crippen molar-refractivity contribution in [3.8, 4) is 5.69 Å². The third-order valence-corrected chi connectivity index (χ3v) is 4.05. The molecule has 1 aromatic heterocycles. The van der Waals surface area contributed by atoms with Gasteiger partial charge in [0.2, 0.25) is 0 Å². The summed E-state index contributed by atoms with van der Waals surface area (Å²) in [4.78, 5) is 12.2. The first kappa shape index (κ1) is 15.6. The van der Waals surface area contributed by atoms with Crippen molar-refractivity contribution in [3.63, 3.8) is 0 Å². The first-order chi connectivity index (χ1) is 11.0. The van der Waals surface area contributed by atoms with Gasteiger partial charge < -0.3 is 10.4 Å². The van der Waals surface area contributed by atoms with Crippen molar-refractivity contribution in [1.29, 1.82) is 0 Å². The number of aliphatic hydroxyl groups excluding tert-OH is 1. The second kappa shape index (κ2) is 6.45. The lowest BCUT2D eigenvalue weighted by molar-refractivity contribution is 0.0717. The lowest BCUT2D eigenvalue weighted by Crippen LogP contribution is -2.44. The summed E-state index contributed by atoms with van der Waals surface area (Å²) < 4.78 is 27.9. The normalized spacial score (nSPS) is 21.2. The molecular weight excluding hydrogens is 304 g/mol. The van der Waals surface area contributed by atoms with Gasteiger partial charge in [0.25, 0.3) is 5.91 Å². The van der Waals surface area contributed by atoms with Crippen LogP contribution in [0.15, 0.2) is 30.6 Å². The zero-order valence-corrected chi connectivity index (χ0v) is 12.4. The van der Waals surface area contributed by atoms with Crippen LogP contribution in [0.25, 0.3) is 5.69 Å². The Hall–Kier alpha value is -2.28. The maximum Gasteiger partial charge on any atom is 0.254 e. The monoisotopic (exact) mass is 321 g/mol. The van der Waals surface area contributed by atoms with Gasteiger partial charge in [0.1, 0.15) is 11.5 Å². The number of amides is 1. The second-order valence-electron chi connectivity index (χ2n) is 5.70. The van der Waals surface area contributed by atoms with E-state index >= 15 is 0 Å². The van der Waals surface area contributed by atoms with Crippen LogP contribution in [0, 0.1) is 11.6 Å². The Balaban J connectivity index is 1.74. The van der Waals surface area contributed by atoms with Crippen molar-refractivity contribution in [3.05, 3.63) is 47.8 Å². The summed E-state index contributed by atoms with van der Waals surface area (Å²) in [5.74, 6) is -1.81. The fourth-order valence-corrected chi connectivity index (χ4v) is 2.77. The molecule has 1 saturated carbocycles. The lowest BCUT2D eigenvalue weighted by Gasteiger charge is -2.28. The minimum atomic E-state index is -0.761. The molecule has 0 bridgehead atoms. The third-order valence-electron chi connectivity index (χ3n) is 4.05. The van der Waals surface area contributed by atoms with Gasteiger partial charge in [0, 0.05) is 12.3 Å². The van der Waals surface area contributed by atoms with Crippen LogP contribution < -0.4 is 5.32 Å². The molecule has 0 aliphatic heterocycles. The summed E-state index contributed by atoms with van der Waals surface area (Å²) in [6.45, 7) is 0. The molecule has 122 valence electrons. The van der Waals surface area contributed by atoms with Crippen molar-refractivity contribution in [1.82, 2.24) is 15.1 Å². The number of nitrogens with zero attached hydrogens (tertiary/aromatic N) is 2. The average molecular weight is 321 g/mol. The molecule has 0 spiro atoms. The molecule has 2 unspecified atom stereocenters. The van der Waals surface area contributed by atoms with Crippen molar-refractivity contribution in [2.75, 3.05) is 0 Å². The number of halogens is 2. The van der Waals surface area contributed by atoms with Crippen LogP contribution in [0.2, 0.25) is 0 Å². The highest BCUT2D eigenvalue weighted by Crippen LogP contribution is 2.19. The van der Waals surface area contributed by atoms with Crippen LogP contribution in [0.3, 0.4) is 0 Å². The quantitative estimate of drug-likeness (QED) is 0.910. The van der Waals surface area contributed by atoms with E-state index in [1.54, 1.807) is 0 Å². The number of aliphatic hydroxyl groups is 1. The first-order valence-corrected chi connectivity index (χ1v) is 7.53. The third kappa shape index (κ3) is 3.39. The predicted octanol–water partition coefficient (Wildman–Crippen LogP) is 2.18. The predicted molar refractivity (Wildman–Crippen MR) is 79.2 cm³/mol. The van der Waals surface area contributed by atoms with E-state index in [4.69, 9.17) is 0 Å². The summed E-state index contributed by atoms with van der Waals surface area (Å²) >= 11 is 0. The van der Waals surface area contributed by atoms with E-state index in [1.807, 2.05) is 0 Å². The molecule has 1 heterocycles. The van der Waals surface area contributed by atoms with Crippen LogP contribution in [0.4, 0.5) is 8.78 Å². The average Bonchev–Trinajstić information content (AvgIpc) is 2.99. The number of aromatic nitrogens is 2. The summed E-state index contributed by atoms with van der Waals surface area (Å²) in [6.07, 6.45) is 5.46. The van der Waals surface area contributed by atoms with Crippen molar-refractivity contribution >= 4 is 5.91 Å². The van der Waals surface area contributed by atoms with Gasteiger partial charge in [-0.05, 0) is 25.0 Å². The molecule has 23 heavy (non-hydrogen) atoms. The lowest BCUT2D eigenvalue weighted by atomic mass is 9.92. The molecule has 0 saturated heterocycles. The Morgan fingerprint density at radius 1 is 1.30 bits per heavy atom. The number of hydrogen-bond acceptors (Lipinski definition) is 3. The topological polar surface area (TPSA) is 67.2 Å². The van der Waals surface area contributed by atoms with Gasteiger partial charge in [-0.2, -0.15) is 5.10 Å². The molecule has 1 fully saturated rings. The standard InChI is InChI=1S/C16H17F2N3O2/c17-11-5-6-14(12(18)7-11)21-9-10(8-19-21)16(23)20-13-3-1-2-4-15(13)22/h5-9,13,15,22H,1-4H2,(H,20,23). The van der Waals surface area contributed by atoms with Crippen LogP contribution >= 0.6 is 0 Å². The van der Waals surface area contributed by atoms with Gasteiger partial charge >= 0.3 is 0 Å². The zero-order chi connectivity index (χ0) is 16.4. The van der Waals surface area contributed by atoms with Crippen LogP contribution in [-0.4, -0.2) is 32.9 Å². The molecule has 5 nitrogen and oxygen atoms in total.